The lowest BCUT2D eigenvalue weighted by atomic mass is 10.0. The van der Waals surface area contributed by atoms with E-state index in [1.807, 2.05) is 31.2 Å². The number of aromatic amines is 1. The zero-order valence-electron chi connectivity index (χ0n) is 23.2. The highest BCUT2D eigenvalue weighted by Crippen LogP contribution is 2.33. The Hall–Kier alpha value is -4.52. The van der Waals surface area contributed by atoms with Crippen molar-refractivity contribution in [2.24, 2.45) is 5.73 Å². The standard InChI is InChI=1S/C31H32ClN7O2/c1-18-4-7-21(32)15-24(18)29-25(30(33)40)16-26(37-29)28-20(17-35-31(34)38-28)6-5-19-14-23(8-9-27(19)41-3)36-22-10-12-39(2)13-11-22/h4,7-9,14-17,22,36-37H,10-13H2,1-3H3,(H2,33,40)(H2,34,35,38). The molecule has 1 fully saturated rings. The number of rotatable bonds is 6. The van der Waals surface area contributed by atoms with Crippen molar-refractivity contribution in [1.82, 2.24) is 19.9 Å². The summed E-state index contributed by atoms with van der Waals surface area (Å²) in [6, 6.07) is 13.4. The fourth-order valence-corrected chi connectivity index (χ4v) is 5.14. The summed E-state index contributed by atoms with van der Waals surface area (Å²) in [5.41, 5.74) is 17.4. The highest BCUT2D eigenvalue weighted by molar-refractivity contribution is 6.31. The number of hydrogen-bond donors (Lipinski definition) is 4. The number of hydrogen-bond acceptors (Lipinski definition) is 7. The number of primary amides is 1. The minimum absolute atomic E-state index is 0.0724. The van der Waals surface area contributed by atoms with Crippen LogP contribution in [0.2, 0.25) is 5.02 Å². The van der Waals surface area contributed by atoms with Gasteiger partial charge in [-0.05, 0) is 81.9 Å². The number of piperidine rings is 1. The van der Waals surface area contributed by atoms with E-state index in [1.165, 1.54) is 0 Å². The molecule has 0 atom stereocenters. The molecule has 0 unspecified atom stereocenters. The molecular formula is C31H32ClN7O2. The van der Waals surface area contributed by atoms with Gasteiger partial charge in [-0.1, -0.05) is 29.5 Å². The predicted molar refractivity (Wildman–Crippen MR) is 163 cm³/mol. The smallest absolute Gasteiger partial charge is 0.250 e. The van der Waals surface area contributed by atoms with Crippen molar-refractivity contribution in [3.63, 3.8) is 0 Å². The van der Waals surface area contributed by atoms with Crippen molar-refractivity contribution >= 4 is 29.1 Å². The number of benzene rings is 2. The Kier molecular flexibility index (Phi) is 8.15. The first-order valence-electron chi connectivity index (χ1n) is 13.3. The van der Waals surface area contributed by atoms with Crippen LogP contribution in [0, 0.1) is 18.8 Å². The molecule has 9 nitrogen and oxygen atoms in total. The molecule has 1 amide bonds. The van der Waals surface area contributed by atoms with Crippen LogP contribution in [0.25, 0.3) is 22.6 Å². The van der Waals surface area contributed by atoms with Crippen molar-refractivity contribution < 1.29 is 9.53 Å². The molecule has 10 heteroatoms. The Labute approximate surface area is 244 Å². The number of carbonyl (C=O) groups is 1. The number of methoxy groups -OCH3 is 1. The number of carbonyl (C=O) groups excluding carboxylic acids is 1. The minimum atomic E-state index is -0.588. The Morgan fingerprint density at radius 2 is 1.90 bits per heavy atom. The van der Waals surface area contributed by atoms with Crippen LogP contribution in [0.4, 0.5) is 11.6 Å². The van der Waals surface area contributed by atoms with E-state index in [4.69, 9.17) is 27.8 Å². The lowest BCUT2D eigenvalue weighted by Crippen LogP contribution is -2.36. The van der Waals surface area contributed by atoms with Crippen LogP contribution in [0.15, 0.2) is 48.7 Å². The van der Waals surface area contributed by atoms with E-state index in [-0.39, 0.29) is 5.95 Å². The van der Waals surface area contributed by atoms with E-state index in [1.54, 1.807) is 31.5 Å². The van der Waals surface area contributed by atoms with Crippen LogP contribution in [-0.2, 0) is 0 Å². The molecule has 2 aromatic heterocycles. The lowest BCUT2D eigenvalue weighted by molar-refractivity contribution is 0.100. The third-order valence-electron chi connectivity index (χ3n) is 7.24. The van der Waals surface area contributed by atoms with Crippen LogP contribution in [0.5, 0.6) is 5.75 Å². The van der Waals surface area contributed by atoms with E-state index in [0.717, 1.165) is 42.7 Å². The number of nitrogens with zero attached hydrogens (tertiary/aromatic N) is 3. The van der Waals surface area contributed by atoms with Gasteiger partial charge in [-0.3, -0.25) is 4.79 Å². The number of likely N-dealkylation sites (tertiary alicyclic amines) is 1. The number of nitrogens with one attached hydrogen (secondary N) is 2. The summed E-state index contributed by atoms with van der Waals surface area (Å²) in [6.45, 7) is 4.06. The predicted octanol–water partition coefficient (Wildman–Crippen LogP) is 4.70. The number of ether oxygens (including phenoxy) is 1. The monoisotopic (exact) mass is 569 g/mol. The SMILES string of the molecule is COc1ccc(NC2CCN(C)CC2)cc1C#Cc1cnc(N)nc1-c1cc(C(N)=O)c(-c2cc(Cl)ccc2C)[nH]1. The number of amides is 1. The summed E-state index contributed by atoms with van der Waals surface area (Å²) in [7, 11) is 3.76. The normalized spacial score (nSPS) is 13.9. The van der Waals surface area contributed by atoms with E-state index in [9.17, 15) is 4.79 Å². The van der Waals surface area contributed by atoms with Crippen molar-refractivity contribution in [2.75, 3.05) is 38.3 Å². The van der Waals surface area contributed by atoms with E-state index < -0.39 is 5.91 Å². The molecule has 0 bridgehead atoms. The van der Waals surface area contributed by atoms with Crippen LogP contribution in [-0.4, -0.2) is 59.0 Å². The van der Waals surface area contributed by atoms with Crippen LogP contribution < -0.4 is 21.5 Å². The number of H-pyrrole nitrogens is 1. The van der Waals surface area contributed by atoms with Gasteiger partial charge in [0.05, 0.1) is 35.2 Å². The zero-order chi connectivity index (χ0) is 29.1. The summed E-state index contributed by atoms with van der Waals surface area (Å²) in [6.07, 6.45) is 3.72. The van der Waals surface area contributed by atoms with Gasteiger partial charge >= 0.3 is 0 Å². The molecule has 2 aromatic carbocycles. The van der Waals surface area contributed by atoms with Gasteiger partial charge in [0.1, 0.15) is 11.4 Å². The average Bonchev–Trinajstić information content (AvgIpc) is 3.41. The van der Waals surface area contributed by atoms with E-state index >= 15 is 0 Å². The molecule has 210 valence electrons. The van der Waals surface area contributed by atoms with Gasteiger partial charge in [0.15, 0.2) is 0 Å². The Morgan fingerprint density at radius 3 is 2.63 bits per heavy atom. The second-order valence-electron chi connectivity index (χ2n) is 10.2. The lowest BCUT2D eigenvalue weighted by Gasteiger charge is -2.30. The van der Waals surface area contributed by atoms with Gasteiger partial charge in [-0.15, -0.1) is 0 Å². The van der Waals surface area contributed by atoms with Gasteiger partial charge < -0.3 is 31.4 Å². The van der Waals surface area contributed by atoms with E-state index in [0.29, 0.717) is 50.6 Å². The fraction of sp³-hybridized carbons (Fsp3) is 0.258. The molecular weight excluding hydrogens is 538 g/mol. The number of aromatic nitrogens is 3. The maximum Gasteiger partial charge on any atom is 0.250 e. The molecule has 6 N–H and O–H groups in total. The molecule has 1 aliphatic heterocycles. The second-order valence-corrected chi connectivity index (χ2v) is 10.6. The molecule has 3 heterocycles. The van der Waals surface area contributed by atoms with Gasteiger partial charge in [-0.25, -0.2) is 9.97 Å². The largest absolute Gasteiger partial charge is 0.495 e. The zero-order valence-corrected chi connectivity index (χ0v) is 24.0. The summed E-state index contributed by atoms with van der Waals surface area (Å²) in [5.74, 6) is 6.54. The Bertz CT molecular complexity index is 1660. The number of nitrogens with two attached hydrogens (primary N) is 2. The summed E-state index contributed by atoms with van der Waals surface area (Å²) < 4.78 is 5.59. The topological polar surface area (TPSA) is 135 Å². The average molecular weight is 570 g/mol. The maximum absolute atomic E-state index is 12.4. The first-order valence-corrected chi connectivity index (χ1v) is 13.7. The molecule has 5 rings (SSSR count). The molecule has 0 aliphatic carbocycles. The third kappa shape index (κ3) is 6.30. The molecule has 41 heavy (non-hydrogen) atoms. The molecule has 1 aliphatic rings. The Balaban J connectivity index is 1.53. The maximum atomic E-state index is 12.4. The fourth-order valence-electron chi connectivity index (χ4n) is 4.96. The molecule has 0 radical (unpaired) electrons. The van der Waals surface area contributed by atoms with Crippen molar-refractivity contribution in [2.45, 2.75) is 25.8 Å². The first kappa shape index (κ1) is 28.0. The molecule has 4 aromatic rings. The molecule has 0 saturated carbocycles. The highest BCUT2D eigenvalue weighted by atomic mass is 35.5. The van der Waals surface area contributed by atoms with Crippen LogP contribution in [0.3, 0.4) is 0 Å². The van der Waals surface area contributed by atoms with E-state index in [2.05, 4.69) is 44.1 Å². The summed E-state index contributed by atoms with van der Waals surface area (Å²) in [5, 5.41) is 4.17. The number of anilines is 2. The quantitative estimate of drug-likeness (QED) is 0.247. The summed E-state index contributed by atoms with van der Waals surface area (Å²) in [4.78, 5) is 26.7. The van der Waals surface area contributed by atoms with Gasteiger partial charge in [0.2, 0.25) is 5.95 Å². The first-order chi connectivity index (χ1) is 19.7. The van der Waals surface area contributed by atoms with Crippen molar-refractivity contribution in [3.8, 4) is 40.2 Å². The second kappa shape index (κ2) is 11.9. The highest BCUT2D eigenvalue weighted by Gasteiger charge is 2.20. The third-order valence-corrected chi connectivity index (χ3v) is 7.47. The van der Waals surface area contributed by atoms with Crippen LogP contribution >= 0.6 is 11.6 Å². The van der Waals surface area contributed by atoms with Gasteiger partial charge in [0, 0.05) is 28.5 Å². The van der Waals surface area contributed by atoms with Crippen molar-refractivity contribution in [3.05, 3.63) is 75.9 Å². The van der Waals surface area contributed by atoms with Crippen molar-refractivity contribution in [1.29, 1.82) is 0 Å². The van der Waals surface area contributed by atoms with Crippen LogP contribution in [0.1, 0.15) is 39.9 Å². The molecule has 1 saturated heterocycles. The minimum Gasteiger partial charge on any atom is -0.495 e. The van der Waals surface area contributed by atoms with Gasteiger partial charge in [0.25, 0.3) is 5.91 Å². The number of aryl methyl sites for hydroxylation is 1. The van der Waals surface area contributed by atoms with Gasteiger partial charge in [-0.2, -0.15) is 0 Å². The summed E-state index contributed by atoms with van der Waals surface area (Å²) >= 11 is 6.26. The number of nitrogen functional groups attached to an aromatic ring is 1. The number of halogens is 1. The Morgan fingerprint density at radius 1 is 1.15 bits per heavy atom. The molecule has 0 spiro atoms.